The van der Waals surface area contributed by atoms with Crippen molar-refractivity contribution in [1.82, 2.24) is 19.0 Å². The average molecular weight is 424 g/mol. The first-order chi connectivity index (χ1) is 13.8. The number of aryl methyl sites for hydroxylation is 2. The van der Waals surface area contributed by atoms with Crippen LogP contribution in [0.3, 0.4) is 0 Å². The number of halogens is 2. The molecule has 2 aliphatic rings. The van der Waals surface area contributed by atoms with Crippen molar-refractivity contribution in [2.45, 2.75) is 31.6 Å². The zero-order valence-corrected chi connectivity index (χ0v) is 16.7. The van der Waals surface area contributed by atoms with Gasteiger partial charge < -0.3 is 4.90 Å². The number of aromatic nitrogens is 2. The van der Waals surface area contributed by atoms with Gasteiger partial charge in [-0.2, -0.15) is 9.40 Å². The first-order valence-corrected chi connectivity index (χ1v) is 11.2. The van der Waals surface area contributed by atoms with Gasteiger partial charge in [0.25, 0.3) is 5.91 Å². The summed E-state index contributed by atoms with van der Waals surface area (Å²) >= 11 is 0. The Morgan fingerprint density at radius 3 is 2.31 bits per heavy atom. The zero-order chi connectivity index (χ0) is 20.6. The Bertz CT molecular complexity index is 986. The summed E-state index contributed by atoms with van der Waals surface area (Å²) in [6.45, 7) is 1.59. The molecule has 7 nitrogen and oxygen atoms in total. The number of hydrogen-bond acceptors (Lipinski definition) is 4. The summed E-state index contributed by atoms with van der Waals surface area (Å²) in [6, 6.07) is 4.55. The number of amides is 1. The van der Waals surface area contributed by atoms with Gasteiger partial charge in [0.1, 0.15) is 11.6 Å². The third-order valence-electron chi connectivity index (χ3n) is 5.33. The van der Waals surface area contributed by atoms with Gasteiger partial charge in [0.15, 0.2) is 5.69 Å². The predicted octanol–water partition coefficient (Wildman–Crippen LogP) is 1.79. The SMILES string of the molecule is O=C(c1cc2n(n1)CCCC2)N1CCN(S(=O)(=O)Cc2cc(F)cc(F)c2)CC1. The van der Waals surface area contributed by atoms with Crippen LogP contribution >= 0.6 is 0 Å². The van der Waals surface area contributed by atoms with Gasteiger partial charge in [-0.05, 0) is 43.0 Å². The molecule has 156 valence electrons. The van der Waals surface area contributed by atoms with E-state index in [1.165, 1.54) is 4.31 Å². The van der Waals surface area contributed by atoms with E-state index in [1.807, 2.05) is 10.7 Å². The number of sulfonamides is 1. The van der Waals surface area contributed by atoms with Crippen molar-refractivity contribution >= 4 is 15.9 Å². The summed E-state index contributed by atoms with van der Waals surface area (Å²) in [5.74, 6) is -2.30. The topological polar surface area (TPSA) is 75.5 Å². The van der Waals surface area contributed by atoms with E-state index in [0.717, 1.165) is 43.6 Å². The Balaban J connectivity index is 1.39. The van der Waals surface area contributed by atoms with Crippen LogP contribution in [0.2, 0.25) is 0 Å². The van der Waals surface area contributed by atoms with Crippen LogP contribution in [0.1, 0.15) is 34.6 Å². The van der Waals surface area contributed by atoms with Crippen LogP contribution in [0.5, 0.6) is 0 Å². The third kappa shape index (κ3) is 4.32. The van der Waals surface area contributed by atoms with Gasteiger partial charge in [0.2, 0.25) is 10.0 Å². The van der Waals surface area contributed by atoms with E-state index in [2.05, 4.69) is 5.10 Å². The third-order valence-corrected chi connectivity index (χ3v) is 7.18. The highest BCUT2D eigenvalue weighted by molar-refractivity contribution is 7.88. The molecule has 0 saturated carbocycles. The Labute approximate surface area is 168 Å². The van der Waals surface area contributed by atoms with Crippen molar-refractivity contribution in [1.29, 1.82) is 0 Å². The van der Waals surface area contributed by atoms with Crippen LogP contribution in [-0.4, -0.2) is 59.5 Å². The van der Waals surface area contributed by atoms with E-state index < -0.39 is 27.4 Å². The summed E-state index contributed by atoms with van der Waals surface area (Å²) in [5.41, 5.74) is 1.51. The molecule has 2 aliphatic heterocycles. The molecule has 1 aromatic carbocycles. The summed E-state index contributed by atoms with van der Waals surface area (Å²) < 4.78 is 55.0. The lowest BCUT2D eigenvalue weighted by molar-refractivity contribution is 0.0691. The Morgan fingerprint density at radius 2 is 1.66 bits per heavy atom. The molecule has 1 fully saturated rings. The lowest BCUT2D eigenvalue weighted by atomic mass is 10.1. The number of carbonyl (C=O) groups excluding carboxylic acids is 1. The monoisotopic (exact) mass is 424 g/mol. The van der Waals surface area contributed by atoms with Crippen LogP contribution < -0.4 is 0 Å². The normalized spacial score (nSPS) is 17.9. The van der Waals surface area contributed by atoms with Crippen molar-refractivity contribution < 1.29 is 22.0 Å². The molecule has 0 bridgehead atoms. The number of benzene rings is 1. The number of carbonyl (C=O) groups is 1. The maximum atomic E-state index is 13.3. The molecule has 0 unspecified atom stereocenters. The Hall–Kier alpha value is -2.33. The predicted molar refractivity (Wildman–Crippen MR) is 102 cm³/mol. The largest absolute Gasteiger partial charge is 0.335 e. The fourth-order valence-electron chi connectivity index (χ4n) is 3.85. The molecule has 3 heterocycles. The summed E-state index contributed by atoms with van der Waals surface area (Å²) in [5, 5.41) is 4.39. The molecular weight excluding hydrogens is 402 g/mol. The number of nitrogens with zero attached hydrogens (tertiary/aromatic N) is 4. The molecule has 29 heavy (non-hydrogen) atoms. The number of hydrogen-bond donors (Lipinski definition) is 0. The van der Waals surface area contributed by atoms with Crippen molar-refractivity contribution in [2.75, 3.05) is 26.2 Å². The second kappa shape index (κ2) is 7.83. The van der Waals surface area contributed by atoms with E-state index in [1.54, 1.807) is 4.90 Å². The van der Waals surface area contributed by atoms with E-state index in [9.17, 15) is 22.0 Å². The maximum absolute atomic E-state index is 13.3. The van der Waals surface area contributed by atoms with Gasteiger partial charge >= 0.3 is 0 Å². The van der Waals surface area contributed by atoms with E-state index in [0.29, 0.717) is 11.8 Å². The molecule has 0 radical (unpaired) electrons. The van der Waals surface area contributed by atoms with Crippen LogP contribution in [0.25, 0.3) is 0 Å². The Morgan fingerprint density at radius 1 is 0.966 bits per heavy atom. The second-order valence-corrected chi connectivity index (χ2v) is 9.40. The molecule has 1 amide bonds. The van der Waals surface area contributed by atoms with Gasteiger partial charge in [-0.3, -0.25) is 9.48 Å². The van der Waals surface area contributed by atoms with E-state index in [-0.39, 0.29) is 37.6 Å². The highest BCUT2D eigenvalue weighted by atomic mass is 32.2. The first-order valence-electron chi connectivity index (χ1n) is 9.61. The van der Waals surface area contributed by atoms with Crippen LogP contribution in [0, 0.1) is 11.6 Å². The van der Waals surface area contributed by atoms with Crippen LogP contribution in [-0.2, 0) is 28.7 Å². The van der Waals surface area contributed by atoms with Crippen LogP contribution in [0.15, 0.2) is 24.3 Å². The van der Waals surface area contributed by atoms with Gasteiger partial charge in [-0.1, -0.05) is 0 Å². The van der Waals surface area contributed by atoms with Crippen molar-refractivity contribution in [3.05, 3.63) is 52.9 Å². The highest BCUT2D eigenvalue weighted by Crippen LogP contribution is 2.19. The number of piperazine rings is 1. The fraction of sp³-hybridized carbons (Fsp3) is 0.474. The van der Waals surface area contributed by atoms with Gasteiger partial charge in [-0.25, -0.2) is 17.2 Å². The molecule has 2 aromatic rings. The highest BCUT2D eigenvalue weighted by Gasteiger charge is 2.30. The molecule has 1 aromatic heterocycles. The van der Waals surface area contributed by atoms with Gasteiger partial charge in [-0.15, -0.1) is 0 Å². The van der Waals surface area contributed by atoms with Crippen molar-refractivity contribution in [3.63, 3.8) is 0 Å². The van der Waals surface area contributed by atoms with Crippen molar-refractivity contribution in [3.8, 4) is 0 Å². The Kier molecular flexibility index (Phi) is 5.39. The minimum atomic E-state index is -3.74. The number of rotatable bonds is 4. The molecular formula is C19H22F2N4O3S. The van der Waals surface area contributed by atoms with Crippen LogP contribution in [0.4, 0.5) is 8.78 Å². The second-order valence-electron chi connectivity index (χ2n) is 7.43. The lowest BCUT2D eigenvalue weighted by Crippen LogP contribution is -2.50. The minimum Gasteiger partial charge on any atom is -0.335 e. The molecule has 1 saturated heterocycles. The molecule has 10 heteroatoms. The van der Waals surface area contributed by atoms with Gasteiger partial charge in [0.05, 0.1) is 5.75 Å². The standard InChI is InChI=1S/C19H22F2N4O3S/c20-15-9-14(10-16(21)11-15)13-29(27,28)24-7-5-23(6-8-24)19(26)18-12-17-3-1-2-4-25(17)22-18/h9-12H,1-8,13H2. The lowest BCUT2D eigenvalue weighted by Gasteiger charge is -2.33. The number of fused-ring (bicyclic) bond motifs is 1. The summed E-state index contributed by atoms with van der Waals surface area (Å²) in [4.78, 5) is 14.3. The van der Waals surface area contributed by atoms with E-state index >= 15 is 0 Å². The molecule has 0 spiro atoms. The molecule has 0 N–H and O–H groups in total. The summed E-state index contributed by atoms with van der Waals surface area (Å²) in [6.07, 6.45) is 3.05. The molecule has 0 atom stereocenters. The van der Waals surface area contributed by atoms with Gasteiger partial charge in [0, 0.05) is 44.5 Å². The molecule has 0 aliphatic carbocycles. The van der Waals surface area contributed by atoms with E-state index in [4.69, 9.17) is 0 Å². The molecule has 4 rings (SSSR count). The smallest absolute Gasteiger partial charge is 0.274 e. The quantitative estimate of drug-likeness (QED) is 0.750. The minimum absolute atomic E-state index is 0.0598. The zero-order valence-electron chi connectivity index (χ0n) is 15.9. The fourth-order valence-corrected chi connectivity index (χ4v) is 5.34. The maximum Gasteiger partial charge on any atom is 0.274 e. The van der Waals surface area contributed by atoms with Crippen molar-refractivity contribution in [2.24, 2.45) is 0 Å². The summed E-state index contributed by atoms with van der Waals surface area (Å²) in [7, 11) is -3.74. The average Bonchev–Trinajstić information content (AvgIpc) is 3.10. The first kappa shape index (κ1) is 20.0.